The van der Waals surface area contributed by atoms with Gasteiger partial charge in [0.15, 0.2) is 5.65 Å². The normalized spacial score (nSPS) is 14.7. The maximum absolute atomic E-state index is 11.6. The number of nitrogens with zero attached hydrogens (tertiary/aromatic N) is 3. The van der Waals surface area contributed by atoms with Crippen molar-refractivity contribution in [3.05, 3.63) is 29.8 Å². The molecular weight excluding hydrogens is 230 g/mol. The minimum absolute atomic E-state index is 0.355. The Morgan fingerprint density at radius 1 is 1.39 bits per heavy atom. The van der Waals surface area contributed by atoms with E-state index in [-0.39, 0.29) is 5.97 Å². The minimum atomic E-state index is -0.363. The molecule has 0 saturated heterocycles. The van der Waals surface area contributed by atoms with Crippen molar-refractivity contribution in [1.29, 1.82) is 0 Å². The Balaban J connectivity index is 1.97. The van der Waals surface area contributed by atoms with Gasteiger partial charge in [0, 0.05) is 23.7 Å². The first-order chi connectivity index (χ1) is 8.78. The maximum Gasteiger partial charge on any atom is 0.339 e. The number of hydrogen-bond acceptors (Lipinski definition) is 5. The van der Waals surface area contributed by atoms with Crippen LogP contribution in [-0.2, 0) is 4.74 Å². The van der Waals surface area contributed by atoms with Gasteiger partial charge in [0.1, 0.15) is 5.82 Å². The molecule has 0 radical (unpaired) electrons. The first-order valence-corrected chi connectivity index (χ1v) is 6.07. The van der Waals surface area contributed by atoms with Crippen molar-refractivity contribution in [3.63, 3.8) is 0 Å². The third kappa shape index (κ3) is 2.03. The lowest BCUT2D eigenvalue weighted by Crippen LogP contribution is -2.05. The summed E-state index contributed by atoms with van der Waals surface area (Å²) >= 11 is 0. The summed E-state index contributed by atoms with van der Waals surface area (Å²) in [5, 5.41) is 0.768. The number of ether oxygens (including phenoxy) is 1. The number of esters is 1. The highest BCUT2D eigenvalue weighted by molar-refractivity contribution is 5.92. The van der Waals surface area contributed by atoms with Crippen molar-refractivity contribution in [1.82, 2.24) is 15.0 Å². The summed E-state index contributed by atoms with van der Waals surface area (Å²) < 4.78 is 4.93. The van der Waals surface area contributed by atoms with E-state index in [4.69, 9.17) is 4.74 Å². The smallest absolute Gasteiger partial charge is 0.339 e. The fraction of sp³-hybridized carbons (Fsp3) is 0.385. The first-order valence-electron chi connectivity index (χ1n) is 6.07. The van der Waals surface area contributed by atoms with Crippen molar-refractivity contribution in [2.75, 3.05) is 6.61 Å². The lowest BCUT2D eigenvalue weighted by molar-refractivity contribution is 0.0526. The average molecular weight is 243 g/mol. The molecule has 92 valence electrons. The van der Waals surface area contributed by atoms with Crippen molar-refractivity contribution >= 4 is 17.0 Å². The van der Waals surface area contributed by atoms with Crippen LogP contribution in [0.1, 0.15) is 41.9 Å². The van der Waals surface area contributed by atoms with E-state index in [1.165, 1.54) is 6.20 Å². The monoisotopic (exact) mass is 243 g/mol. The van der Waals surface area contributed by atoms with Gasteiger partial charge in [-0.2, -0.15) is 0 Å². The van der Waals surface area contributed by atoms with Crippen LogP contribution in [-0.4, -0.2) is 27.5 Å². The molecule has 2 aromatic rings. The SMILES string of the molecule is CCOC(=O)c1cnc2nc(C3CC3)ncc2c1. The summed E-state index contributed by atoms with van der Waals surface area (Å²) in [6.45, 7) is 2.13. The van der Waals surface area contributed by atoms with Gasteiger partial charge >= 0.3 is 5.97 Å². The fourth-order valence-corrected chi connectivity index (χ4v) is 1.80. The van der Waals surface area contributed by atoms with Crippen LogP contribution in [0.4, 0.5) is 0 Å². The summed E-state index contributed by atoms with van der Waals surface area (Å²) in [5.41, 5.74) is 1.08. The summed E-state index contributed by atoms with van der Waals surface area (Å²) in [6, 6.07) is 1.72. The molecule has 0 aliphatic heterocycles. The zero-order valence-corrected chi connectivity index (χ0v) is 10.1. The molecule has 1 aliphatic carbocycles. The van der Waals surface area contributed by atoms with E-state index in [0.29, 0.717) is 23.7 Å². The third-order valence-corrected chi connectivity index (χ3v) is 2.91. The average Bonchev–Trinajstić information content (AvgIpc) is 3.22. The molecule has 2 heterocycles. The molecule has 5 nitrogen and oxygen atoms in total. The highest BCUT2D eigenvalue weighted by Gasteiger charge is 2.26. The van der Waals surface area contributed by atoms with Gasteiger partial charge in [-0.25, -0.2) is 19.7 Å². The summed E-state index contributed by atoms with van der Waals surface area (Å²) in [6.07, 6.45) is 5.55. The second-order valence-corrected chi connectivity index (χ2v) is 4.36. The predicted octanol–water partition coefficient (Wildman–Crippen LogP) is 2.08. The van der Waals surface area contributed by atoms with Crippen LogP contribution in [0.2, 0.25) is 0 Å². The van der Waals surface area contributed by atoms with Gasteiger partial charge in [0.25, 0.3) is 0 Å². The van der Waals surface area contributed by atoms with Crippen LogP contribution < -0.4 is 0 Å². The second-order valence-electron chi connectivity index (χ2n) is 4.36. The molecular formula is C13H13N3O2. The van der Waals surface area contributed by atoms with Gasteiger partial charge in [0.05, 0.1) is 12.2 Å². The second kappa shape index (κ2) is 4.33. The fourth-order valence-electron chi connectivity index (χ4n) is 1.80. The van der Waals surface area contributed by atoms with Gasteiger partial charge in [-0.1, -0.05) is 0 Å². The van der Waals surface area contributed by atoms with Gasteiger partial charge < -0.3 is 4.74 Å². The molecule has 0 bridgehead atoms. The molecule has 3 rings (SSSR count). The number of hydrogen-bond donors (Lipinski definition) is 0. The Bertz CT molecular complexity index is 608. The molecule has 18 heavy (non-hydrogen) atoms. The Morgan fingerprint density at radius 3 is 2.94 bits per heavy atom. The van der Waals surface area contributed by atoms with E-state index in [0.717, 1.165) is 24.1 Å². The van der Waals surface area contributed by atoms with Gasteiger partial charge in [-0.15, -0.1) is 0 Å². The molecule has 0 N–H and O–H groups in total. The largest absolute Gasteiger partial charge is 0.462 e. The molecule has 5 heteroatoms. The van der Waals surface area contributed by atoms with Gasteiger partial charge in [0.2, 0.25) is 0 Å². The van der Waals surface area contributed by atoms with E-state index in [1.54, 1.807) is 19.2 Å². The number of carbonyl (C=O) groups excluding carboxylic acids is 1. The Labute approximate surface area is 104 Å². The maximum atomic E-state index is 11.6. The Kier molecular flexibility index (Phi) is 2.66. The Morgan fingerprint density at radius 2 is 2.22 bits per heavy atom. The summed E-state index contributed by atoms with van der Waals surface area (Å²) in [7, 11) is 0. The molecule has 0 aromatic carbocycles. The molecule has 1 saturated carbocycles. The van der Waals surface area contributed by atoms with Crippen molar-refractivity contribution < 1.29 is 9.53 Å². The number of carbonyl (C=O) groups is 1. The number of rotatable bonds is 3. The van der Waals surface area contributed by atoms with Crippen LogP contribution in [0.25, 0.3) is 11.0 Å². The standard InChI is InChI=1S/C13H13N3O2/c1-2-18-13(17)10-5-9-6-14-11(8-3-4-8)16-12(9)15-7-10/h5-8H,2-4H2,1H3. The lowest BCUT2D eigenvalue weighted by atomic mass is 10.2. The molecule has 1 fully saturated rings. The van der Waals surface area contributed by atoms with Gasteiger partial charge in [-0.05, 0) is 25.8 Å². The molecule has 0 atom stereocenters. The van der Waals surface area contributed by atoms with E-state index in [2.05, 4.69) is 15.0 Å². The molecule has 1 aliphatic rings. The van der Waals surface area contributed by atoms with Crippen LogP contribution in [0.5, 0.6) is 0 Å². The summed E-state index contributed by atoms with van der Waals surface area (Å²) in [5.74, 6) is 0.998. The van der Waals surface area contributed by atoms with E-state index >= 15 is 0 Å². The van der Waals surface area contributed by atoms with Crippen LogP contribution in [0, 0.1) is 0 Å². The zero-order valence-electron chi connectivity index (χ0n) is 10.1. The molecule has 0 spiro atoms. The van der Waals surface area contributed by atoms with Crippen molar-refractivity contribution in [3.8, 4) is 0 Å². The molecule has 0 amide bonds. The van der Waals surface area contributed by atoms with E-state index in [9.17, 15) is 4.79 Å². The number of fused-ring (bicyclic) bond motifs is 1. The number of pyridine rings is 1. The third-order valence-electron chi connectivity index (χ3n) is 2.91. The predicted molar refractivity (Wildman–Crippen MR) is 65.3 cm³/mol. The molecule has 2 aromatic heterocycles. The van der Waals surface area contributed by atoms with Crippen molar-refractivity contribution in [2.45, 2.75) is 25.7 Å². The first kappa shape index (κ1) is 11.1. The lowest BCUT2D eigenvalue weighted by Gasteiger charge is -2.03. The zero-order chi connectivity index (χ0) is 12.5. The van der Waals surface area contributed by atoms with E-state index in [1.807, 2.05) is 0 Å². The molecule has 0 unspecified atom stereocenters. The van der Waals surface area contributed by atoms with Crippen LogP contribution >= 0.6 is 0 Å². The quantitative estimate of drug-likeness (QED) is 0.772. The minimum Gasteiger partial charge on any atom is -0.462 e. The topological polar surface area (TPSA) is 65.0 Å². The van der Waals surface area contributed by atoms with E-state index < -0.39 is 0 Å². The number of aromatic nitrogens is 3. The highest BCUT2D eigenvalue weighted by Crippen LogP contribution is 2.38. The van der Waals surface area contributed by atoms with Crippen LogP contribution in [0.3, 0.4) is 0 Å². The van der Waals surface area contributed by atoms with Crippen molar-refractivity contribution in [2.24, 2.45) is 0 Å². The highest BCUT2D eigenvalue weighted by atomic mass is 16.5. The Hall–Kier alpha value is -2.04. The summed E-state index contributed by atoms with van der Waals surface area (Å²) in [4.78, 5) is 24.5. The van der Waals surface area contributed by atoms with Crippen LogP contribution in [0.15, 0.2) is 18.5 Å². The van der Waals surface area contributed by atoms with Gasteiger partial charge in [-0.3, -0.25) is 0 Å².